The number of pyridine rings is 1. The summed E-state index contributed by atoms with van der Waals surface area (Å²) in [7, 11) is 0. The molecule has 0 radical (unpaired) electrons. The van der Waals surface area contributed by atoms with E-state index in [4.69, 9.17) is 0 Å². The molecule has 2 aromatic rings. The molecule has 1 aliphatic heterocycles. The molecule has 1 aliphatic rings. The van der Waals surface area contributed by atoms with Gasteiger partial charge in [-0.3, -0.25) is 9.88 Å². The van der Waals surface area contributed by atoms with Crippen molar-refractivity contribution in [3.8, 4) is 11.1 Å². The van der Waals surface area contributed by atoms with Crippen molar-refractivity contribution in [2.45, 2.75) is 32.9 Å². The number of hydrogen-bond acceptors (Lipinski definition) is 3. The summed E-state index contributed by atoms with van der Waals surface area (Å²) in [5, 5.41) is 3.56. The van der Waals surface area contributed by atoms with Crippen molar-refractivity contribution in [3.63, 3.8) is 0 Å². The van der Waals surface area contributed by atoms with Crippen LogP contribution in [-0.4, -0.2) is 35.1 Å². The van der Waals surface area contributed by atoms with E-state index in [1.54, 1.807) is 0 Å². The van der Waals surface area contributed by atoms with Gasteiger partial charge in [0.1, 0.15) is 0 Å². The maximum atomic E-state index is 4.28. The van der Waals surface area contributed by atoms with Gasteiger partial charge in [0.15, 0.2) is 0 Å². The highest BCUT2D eigenvalue weighted by atomic mass is 15.2. The maximum Gasteiger partial charge on any atom is 0.0346 e. The van der Waals surface area contributed by atoms with Crippen LogP contribution in [0.4, 0.5) is 0 Å². The molecule has 3 rings (SSSR count). The van der Waals surface area contributed by atoms with Crippen LogP contribution in [0.1, 0.15) is 25.0 Å². The first kappa shape index (κ1) is 15.2. The van der Waals surface area contributed by atoms with Crippen molar-refractivity contribution in [1.82, 2.24) is 15.2 Å². The number of nitrogens with zero attached hydrogens (tertiary/aromatic N) is 2. The first-order valence-corrected chi connectivity index (χ1v) is 8.00. The Kier molecular flexibility index (Phi) is 4.27. The van der Waals surface area contributed by atoms with E-state index in [0.717, 1.165) is 26.2 Å². The van der Waals surface area contributed by atoms with E-state index < -0.39 is 0 Å². The van der Waals surface area contributed by atoms with Crippen LogP contribution >= 0.6 is 0 Å². The smallest absolute Gasteiger partial charge is 0.0346 e. The molecule has 116 valence electrons. The molecule has 1 saturated heterocycles. The molecule has 2 heterocycles. The Morgan fingerprint density at radius 2 is 1.91 bits per heavy atom. The third-order valence-electron chi connectivity index (χ3n) is 4.22. The molecule has 0 unspecified atom stereocenters. The molecule has 1 fully saturated rings. The van der Waals surface area contributed by atoms with Crippen LogP contribution in [0, 0.1) is 6.92 Å². The van der Waals surface area contributed by atoms with Gasteiger partial charge in [0.05, 0.1) is 0 Å². The van der Waals surface area contributed by atoms with E-state index in [9.17, 15) is 0 Å². The van der Waals surface area contributed by atoms with Crippen LogP contribution in [-0.2, 0) is 6.54 Å². The van der Waals surface area contributed by atoms with E-state index in [-0.39, 0.29) is 5.54 Å². The number of benzene rings is 1. The van der Waals surface area contributed by atoms with Crippen molar-refractivity contribution in [1.29, 1.82) is 0 Å². The monoisotopic (exact) mass is 295 g/mol. The molecule has 22 heavy (non-hydrogen) atoms. The van der Waals surface area contributed by atoms with Gasteiger partial charge in [-0.1, -0.05) is 24.3 Å². The molecule has 1 aromatic heterocycles. The van der Waals surface area contributed by atoms with Crippen molar-refractivity contribution in [2.24, 2.45) is 0 Å². The standard InChI is InChI=1S/C19H25N3/c1-15-10-18(12-20-11-15)17-6-4-16(5-7-17)13-22-9-8-21-19(2,3)14-22/h4-7,10-12,21H,8-9,13-14H2,1-3H3. The van der Waals surface area contributed by atoms with E-state index in [1.165, 1.54) is 22.3 Å². The second-order valence-corrected chi connectivity index (χ2v) is 6.97. The summed E-state index contributed by atoms with van der Waals surface area (Å²) in [5.74, 6) is 0. The Hall–Kier alpha value is -1.71. The van der Waals surface area contributed by atoms with Crippen LogP contribution in [0.25, 0.3) is 11.1 Å². The molecule has 0 atom stereocenters. The number of aromatic nitrogens is 1. The summed E-state index contributed by atoms with van der Waals surface area (Å²) in [5.41, 5.74) is 5.22. The highest BCUT2D eigenvalue weighted by Gasteiger charge is 2.25. The van der Waals surface area contributed by atoms with Crippen LogP contribution in [0.3, 0.4) is 0 Å². The maximum absolute atomic E-state index is 4.28. The van der Waals surface area contributed by atoms with Crippen LogP contribution in [0.5, 0.6) is 0 Å². The summed E-state index contributed by atoms with van der Waals surface area (Å²) in [6.07, 6.45) is 3.82. The Bertz CT molecular complexity index is 631. The molecule has 3 heteroatoms. The predicted molar refractivity (Wildman–Crippen MR) is 91.8 cm³/mol. The van der Waals surface area contributed by atoms with Crippen molar-refractivity contribution in [2.75, 3.05) is 19.6 Å². The second kappa shape index (κ2) is 6.19. The lowest BCUT2D eigenvalue weighted by molar-refractivity contribution is 0.148. The number of hydrogen-bond donors (Lipinski definition) is 1. The average Bonchev–Trinajstić information content (AvgIpc) is 2.47. The molecular formula is C19H25N3. The number of piperazine rings is 1. The van der Waals surface area contributed by atoms with Gasteiger partial charge < -0.3 is 5.32 Å². The molecule has 0 aliphatic carbocycles. The molecule has 1 N–H and O–H groups in total. The van der Waals surface area contributed by atoms with Crippen LogP contribution in [0.2, 0.25) is 0 Å². The van der Waals surface area contributed by atoms with Crippen molar-refractivity contribution >= 4 is 0 Å². The predicted octanol–water partition coefficient (Wildman–Crippen LogP) is 3.24. The van der Waals surface area contributed by atoms with Gasteiger partial charge in [-0.15, -0.1) is 0 Å². The third-order valence-corrected chi connectivity index (χ3v) is 4.22. The fourth-order valence-corrected chi connectivity index (χ4v) is 3.15. The van der Waals surface area contributed by atoms with Gasteiger partial charge >= 0.3 is 0 Å². The van der Waals surface area contributed by atoms with Gasteiger partial charge in [0.25, 0.3) is 0 Å². The normalized spacial score (nSPS) is 18.3. The Morgan fingerprint density at radius 1 is 1.14 bits per heavy atom. The minimum atomic E-state index is 0.214. The summed E-state index contributed by atoms with van der Waals surface area (Å²) in [6, 6.07) is 11.1. The zero-order valence-corrected chi connectivity index (χ0v) is 13.8. The fourth-order valence-electron chi connectivity index (χ4n) is 3.15. The third kappa shape index (κ3) is 3.73. The quantitative estimate of drug-likeness (QED) is 0.942. The van der Waals surface area contributed by atoms with E-state index in [1.807, 2.05) is 12.4 Å². The first-order valence-electron chi connectivity index (χ1n) is 8.00. The molecule has 0 spiro atoms. The molecular weight excluding hydrogens is 270 g/mol. The van der Waals surface area contributed by atoms with E-state index >= 15 is 0 Å². The molecule has 0 amide bonds. The Labute approximate surface area is 133 Å². The highest BCUT2D eigenvalue weighted by molar-refractivity contribution is 5.63. The topological polar surface area (TPSA) is 28.2 Å². The Morgan fingerprint density at radius 3 is 2.59 bits per heavy atom. The lowest BCUT2D eigenvalue weighted by Crippen LogP contribution is -2.56. The minimum absolute atomic E-state index is 0.214. The van der Waals surface area contributed by atoms with Gasteiger partial charge in [0, 0.05) is 49.7 Å². The summed E-state index contributed by atoms with van der Waals surface area (Å²) >= 11 is 0. The highest BCUT2D eigenvalue weighted by Crippen LogP contribution is 2.21. The summed E-state index contributed by atoms with van der Waals surface area (Å²) in [6.45, 7) is 10.9. The summed E-state index contributed by atoms with van der Waals surface area (Å²) in [4.78, 5) is 6.80. The molecule has 0 saturated carbocycles. The van der Waals surface area contributed by atoms with Gasteiger partial charge in [-0.2, -0.15) is 0 Å². The van der Waals surface area contributed by atoms with Gasteiger partial charge in [-0.25, -0.2) is 0 Å². The molecule has 0 bridgehead atoms. The Balaban J connectivity index is 1.69. The average molecular weight is 295 g/mol. The lowest BCUT2D eigenvalue weighted by Gasteiger charge is -2.39. The lowest BCUT2D eigenvalue weighted by atomic mass is 10.0. The number of nitrogens with one attached hydrogen (secondary N) is 1. The van der Waals surface area contributed by atoms with Gasteiger partial charge in [-0.05, 0) is 43.5 Å². The molecule has 1 aromatic carbocycles. The van der Waals surface area contributed by atoms with E-state index in [2.05, 4.69) is 66.3 Å². The van der Waals surface area contributed by atoms with Crippen molar-refractivity contribution in [3.05, 3.63) is 53.9 Å². The zero-order chi connectivity index (χ0) is 15.6. The second-order valence-electron chi connectivity index (χ2n) is 6.97. The number of aryl methyl sites for hydroxylation is 1. The SMILES string of the molecule is Cc1cncc(-c2ccc(CN3CCNC(C)(C)C3)cc2)c1. The summed E-state index contributed by atoms with van der Waals surface area (Å²) < 4.78 is 0. The first-order chi connectivity index (χ1) is 10.5. The minimum Gasteiger partial charge on any atom is -0.309 e. The van der Waals surface area contributed by atoms with Gasteiger partial charge in [0.2, 0.25) is 0 Å². The van der Waals surface area contributed by atoms with Crippen molar-refractivity contribution < 1.29 is 0 Å². The zero-order valence-electron chi connectivity index (χ0n) is 13.8. The largest absolute Gasteiger partial charge is 0.309 e. The van der Waals surface area contributed by atoms with E-state index in [0.29, 0.717) is 0 Å². The van der Waals surface area contributed by atoms with Crippen LogP contribution in [0.15, 0.2) is 42.7 Å². The number of rotatable bonds is 3. The molecule has 3 nitrogen and oxygen atoms in total. The fraction of sp³-hybridized carbons (Fsp3) is 0.421. The van der Waals surface area contributed by atoms with Crippen LogP contribution < -0.4 is 5.32 Å².